The number of fused-ring (bicyclic) bond motifs is 1. The molecule has 25 heavy (non-hydrogen) atoms. The number of nitrogens with zero attached hydrogens (tertiary/aromatic N) is 2. The van der Waals surface area contributed by atoms with Gasteiger partial charge in [-0.2, -0.15) is 4.57 Å². The molecule has 0 saturated heterocycles. The lowest BCUT2D eigenvalue weighted by atomic mass is 9.96. The molecule has 0 spiro atoms. The van der Waals surface area contributed by atoms with Gasteiger partial charge in [0.05, 0.1) is 5.56 Å². The first-order chi connectivity index (χ1) is 11.8. The summed E-state index contributed by atoms with van der Waals surface area (Å²) in [7, 11) is 2.17. The van der Waals surface area contributed by atoms with E-state index in [2.05, 4.69) is 83.5 Å². The van der Waals surface area contributed by atoms with Gasteiger partial charge in [0.2, 0.25) is 11.2 Å². The Balaban J connectivity index is 2.32. The summed E-state index contributed by atoms with van der Waals surface area (Å²) < 4.78 is 2.32. The van der Waals surface area contributed by atoms with E-state index in [4.69, 9.17) is 4.98 Å². The molecule has 1 aromatic heterocycles. The van der Waals surface area contributed by atoms with Crippen LogP contribution in [0.5, 0.6) is 0 Å². The number of hydrogen-bond donors (Lipinski definition) is 0. The van der Waals surface area contributed by atoms with Crippen LogP contribution in [-0.2, 0) is 13.5 Å². The van der Waals surface area contributed by atoms with Gasteiger partial charge in [0, 0.05) is 6.07 Å². The molecule has 1 heterocycles. The molecule has 2 aromatic carbocycles. The van der Waals surface area contributed by atoms with Crippen LogP contribution in [0.4, 0.5) is 0 Å². The largest absolute Gasteiger partial charge is 0.239 e. The number of aryl methyl sites for hydroxylation is 4. The van der Waals surface area contributed by atoms with Crippen LogP contribution in [0.3, 0.4) is 0 Å². The van der Waals surface area contributed by atoms with Crippen molar-refractivity contribution < 1.29 is 4.57 Å². The molecular formula is C23H29N2+. The molecule has 3 aromatic rings. The van der Waals surface area contributed by atoms with Gasteiger partial charge in [0.15, 0.2) is 0 Å². The maximum absolute atomic E-state index is 5.05. The summed E-state index contributed by atoms with van der Waals surface area (Å²) in [6, 6.07) is 11.1. The summed E-state index contributed by atoms with van der Waals surface area (Å²) in [6.07, 6.45) is 1.06. The molecule has 0 atom stereocenters. The van der Waals surface area contributed by atoms with Gasteiger partial charge in [-0.15, -0.1) is 0 Å². The molecule has 0 saturated carbocycles. The second-order valence-electron chi connectivity index (χ2n) is 7.74. The molecule has 0 fully saturated rings. The highest BCUT2D eigenvalue weighted by atomic mass is 15.0. The molecule has 0 radical (unpaired) electrons. The SMILES string of the molecule is Cc1cc(C)c(C)c(-c2c(C)nc3c(CC(C)C)cccc3[n+]2C)c1. The average Bonchev–Trinajstić information content (AvgIpc) is 2.52. The zero-order chi connectivity index (χ0) is 18.3. The quantitative estimate of drug-likeness (QED) is 0.605. The van der Waals surface area contributed by atoms with E-state index in [0.29, 0.717) is 5.92 Å². The van der Waals surface area contributed by atoms with Gasteiger partial charge in [-0.1, -0.05) is 37.6 Å². The van der Waals surface area contributed by atoms with E-state index in [0.717, 1.165) is 17.6 Å². The van der Waals surface area contributed by atoms with Crippen molar-refractivity contribution >= 4 is 11.0 Å². The van der Waals surface area contributed by atoms with Crippen LogP contribution in [0.1, 0.15) is 41.8 Å². The molecule has 3 rings (SSSR count). The third kappa shape index (κ3) is 3.18. The molecule has 0 aliphatic heterocycles. The lowest BCUT2D eigenvalue weighted by Crippen LogP contribution is -2.34. The lowest BCUT2D eigenvalue weighted by Gasteiger charge is -2.13. The Morgan fingerprint density at radius 2 is 1.76 bits per heavy atom. The standard InChI is InChI=1S/C23H29N2/c1-14(2)11-19-9-8-10-21-22(19)24-18(6)23(25(21)7)20-13-15(3)12-16(4)17(20)5/h8-10,12-14H,11H2,1-7H3/q+1. The number of hydrogen-bond acceptors (Lipinski definition) is 1. The summed E-state index contributed by atoms with van der Waals surface area (Å²) in [5.41, 5.74) is 11.3. The van der Waals surface area contributed by atoms with Crippen LogP contribution in [0.2, 0.25) is 0 Å². The van der Waals surface area contributed by atoms with Crippen molar-refractivity contribution in [1.82, 2.24) is 4.98 Å². The normalized spacial score (nSPS) is 11.5. The van der Waals surface area contributed by atoms with Crippen LogP contribution in [0, 0.1) is 33.6 Å². The fraction of sp³-hybridized carbons (Fsp3) is 0.391. The summed E-state index contributed by atoms with van der Waals surface area (Å²) in [5, 5.41) is 0. The van der Waals surface area contributed by atoms with E-state index in [1.807, 2.05) is 0 Å². The van der Waals surface area contributed by atoms with Crippen LogP contribution < -0.4 is 4.57 Å². The van der Waals surface area contributed by atoms with E-state index in [9.17, 15) is 0 Å². The minimum Gasteiger partial charge on any atom is -0.239 e. The predicted molar refractivity (Wildman–Crippen MR) is 106 cm³/mol. The third-order valence-electron chi connectivity index (χ3n) is 5.11. The number of para-hydroxylation sites is 1. The summed E-state index contributed by atoms with van der Waals surface area (Å²) in [5.74, 6) is 0.624. The second-order valence-corrected chi connectivity index (χ2v) is 7.74. The smallest absolute Gasteiger partial charge is 0.234 e. The molecular weight excluding hydrogens is 304 g/mol. The zero-order valence-electron chi connectivity index (χ0n) is 16.6. The maximum Gasteiger partial charge on any atom is 0.234 e. The molecule has 0 aliphatic rings. The van der Waals surface area contributed by atoms with Crippen molar-refractivity contribution in [3.8, 4) is 11.3 Å². The van der Waals surface area contributed by atoms with Crippen LogP contribution in [0.25, 0.3) is 22.3 Å². The van der Waals surface area contributed by atoms with Gasteiger partial charge >= 0.3 is 0 Å². The van der Waals surface area contributed by atoms with Crippen LogP contribution in [-0.4, -0.2) is 4.98 Å². The second kappa shape index (κ2) is 6.59. The van der Waals surface area contributed by atoms with Crippen molar-refractivity contribution in [3.63, 3.8) is 0 Å². The lowest BCUT2D eigenvalue weighted by molar-refractivity contribution is -0.634. The van der Waals surface area contributed by atoms with Crippen molar-refractivity contribution in [2.75, 3.05) is 0 Å². The van der Waals surface area contributed by atoms with Gasteiger partial charge in [-0.25, -0.2) is 4.98 Å². The highest BCUT2D eigenvalue weighted by Crippen LogP contribution is 2.28. The van der Waals surface area contributed by atoms with E-state index in [1.54, 1.807) is 0 Å². The topological polar surface area (TPSA) is 16.8 Å². The maximum atomic E-state index is 5.05. The van der Waals surface area contributed by atoms with Crippen LogP contribution >= 0.6 is 0 Å². The number of benzene rings is 2. The Morgan fingerprint density at radius 1 is 1.04 bits per heavy atom. The number of rotatable bonds is 3. The molecule has 0 amide bonds. The summed E-state index contributed by atoms with van der Waals surface area (Å²) in [4.78, 5) is 5.05. The molecule has 2 nitrogen and oxygen atoms in total. The molecule has 0 N–H and O–H groups in total. The highest BCUT2D eigenvalue weighted by Gasteiger charge is 2.23. The first-order valence-corrected chi connectivity index (χ1v) is 9.16. The highest BCUT2D eigenvalue weighted by molar-refractivity contribution is 5.78. The monoisotopic (exact) mass is 333 g/mol. The summed E-state index contributed by atoms with van der Waals surface area (Å²) in [6.45, 7) is 13.2. The molecule has 130 valence electrons. The van der Waals surface area contributed by atoms with E-state index < -0.39 is 0 Å². The van der Waals surface area contributed by atoms with Crippen LogP contribution in [0.15, 0.2) is 30.3 Å². The average molecular weight is 333 g/mol. The predicted octanol–water partition coefficient (Wildman–Crippen LogP) is 5.16. The fourth-order valence-corrected chi connectivity index (χ4v) is 3.83. The summed E-state index contributed by atoms with van der Waals surface area (Å²) >= 11 is 0. The van der Waals surface area contributed by atoms with Crippen molar-refractivity contribution in [2.45, 2.75) is 48.0 Å². The first kappa shape index (κ1) is 17.6. The number of aromatic nitrogens is 2. The van der Waals surface area contributed by atoms with E-state index >= 15 is 0 Å². The minimum absolute atomic E-state index is 0.624. The molecule has 2 heteroatoms. The van der Waals surface area contributed by atoms with Gasteiger partial charge in [-0.05, 0) is 62.8 Å². The Labute approximate surface area is 151 Å². The van der Waals surface area contributed by atoms with Crippen molar-refractivity contribution in [2.24, 2.45) is 13.0 Å². The first-order valence-electron chi connectivity index (χ1n) is 9.16. The molecule has 0 bridgehead atoms. The Kier molecular flexibility index (Phi) is 4.64. The van der Waals surface area contributed by atoms with Crippen molar-refractivity contribution in [1.29, 1.82) is 0 Å². The van der Waals surface area contributed by atoms with Gasteiger partial charge in [0.1, 0.15) is 18.3 Å². The Morgan fingerprint density at radius 3 is 2.44 bits per heavy atom. The molecule has 0 unspecified atom stereocenters. The van der Waals surface area contributed by atoms with Crippen molar-refractivity contribution in [3.05, 3.63) is 58.3 Å². The van der Waals surface area contributed by atoms with Gasteiger partial charge < -0.3 is 0 Å². The Hall–Kier alpha value is -2.22. The Bertz CT molecular complexity index is 952. The van der Waals surface area contributed by atoms with Gasteiger partial charge in [0.25, 0.3) is 0 Å². The zero-order valence-corrected chi connectivity index (χ0v) is 16.6. The minimum atomic E-state index is 0.624. The molecule has 0 aliphatic carbocycles. The van der Waals surface area contributed by atoms with E-state index in [-0.39, 0.29) is 0 Å². The fourth-order valence-electron chi connectivity index (χ4n) is 3.83. The van der Waals surface area contributed by atoms with Gasteiger partial charge in [-0.3, -0.25) is 0 Å². The third-order valence-corrected chi connectivity index (χ3v) is 5.11. The van der Waals surface area contributed by atoms with E-state index in [1.165, 1.54) is 39.0 Å².